The first-order valence-corrected chi connectivity index (χ1v) is 5.91. The van der Waals surface area contributed by atoms with Gasteiger partial charge in [0.2, 0.25) is 0 Å². The van der Waals surface area contributed by atoms with Crippen molar-refractivity contribution in [1.29, 1.82) is 0 Å². The minimum Gasteiger partial charge on any atom is -0.494 e. The smallest absolute Gasteiger partial charge is 0.165 e. The van der Waals surface area contributed by atoms with E-state index in [0.29, 0.717) is 12.6 Å². The van der Waals surface area contributed by atoms with Crippen molar-refractivity contribution in [2.45, 2.75) is 32.4 Å². The second-order valence-electron chi connectivity index (χ2n) is 4.16. The molecule has 17 heavy (non-hydrogen) atoms. The molecule has 96 valence electrons. The normalized spacial score (nSPS) is 14.4. The molecule has 3 N–H and O–H groups in total. The van der Waals surface area contributed by atoms with Crippen molar-refractivity contribution in [3.05, 3.63) is 29.6 Å². The Balaban J connectivity index is 2.85. The molecular weight excluding hydrogens is 219 g/mol. The molecule has 0 fully saturated rings. The molecule has 1 aromatic carbocycles. The van der Waals surface area contributed by atoms with Crippen LogP contribution in [0, 0.1) is 5.82 Å². The highest BCUT2D eigenvalue weighted by atomic mass is 19.1. The average Bonchev–Trinajstić information content (AvgIpc) is 2.35. The molecular formula is C13H21FN2O. The lowest BCUT2D eigenvalue weighted by molar-refractivity contribution is 0.384. The molecule has 1 rings (SSSR count). The summed E-state index contributed by atoms with van der Waals surface area (Å²) in [5, 5.41) is 3.36. The molecule has 4 heteroatoms. The number of nitrogens with one attached hydrogen (secondary N) is 1. The van der Waals surface area contributed by atoms with Gasteiger partial charge in [0.25, 0.3) is 0 Å². The number of hydrogen-bond acceptors (Lipinski definition) is 3. The number of rotatable bonds is 6. The second kappa shape index (κ2) is 6.57. The monoisotopic (exact) mass is 240 g/mol. The first-order chi connectivity index (χ1) is 8.12. The van der Waals surface area contributed by atoms with Gasteiger partial charge in [-0.25, -0.2) is 4.39 Å². The lowest BCUT2D eigenvalue weighted by atomic mass is 10.0. The average molecular weight is 240 g/mol. The van der Waals surface area contributed by atoms with Gasteiger partial charge >= 0.3 is 0 Å². The summed E-state index contributed by atoms with van der Waals surface area (Å²) in [5.41, 5.74) is 6.57. The van der Waals surface area contributed by atoms with Gasteiger partial charge in [-0.3, -0.25) is 0 Å². The van der Waals surface area contributed by atoms with Crippen LogP contribution in [-0.2, 0) is 0 Å². The van der Waals surface area contributed by atoms with Gasteiger partial charge in [0.1, 0.15) is 0 Å². The second-order valence-corrected chi connectivity index (χ2v) is 4.16. The summed E-state index contributed by atoms with van der Waals surface area (Å²) in [6.07, 6.45) is 1.01. The van der Waals surface area contributed by atoms with Crippen molar-refractivity contribution >= 4 is 0 Å². The third kappa shape index (κ3) is 3.68. The fraction of sp³-hybridized carbons (Fsp3) is 0.538. The molecule has 0 aliphatic carbocycles. The van der Waals surface area contributed by atoms with Gasteiger partial charge in [-0.05, 0) is 31.0 Å². The molecule has 1 aromatic rings. The number of hydrogen-bond donors (Lipinski definition) is 2. The maximum Gasteiger partial charge on any atom is 0.165 e. The van der Waals surface area contributed by atoms with Crippen molar-refractivity contribution in [2.24, 2.45) is 5.73 Å². The molecule has 0 aromatic heterocycles. The van der Waals surface area contributed by atoms with Crippen LogP contribution < -0.4 is 15.8 Å². The molecule has 0 saturated carbocycles. The van der Waals surface area contributed by atoms with Gasteiger partial charge in [0.05, 0.1) is 7.11 Å². The standard InChI is InChI=1S/C13H21FN2O/c1-4-9(2)16-12(8-15)10-5-6-13(17-3)11(14)7-10/h5-7,9,12,16H,4,8,15H2,1-3H3. The summed E-state index contributed by atoms with van der Waals surface area (Å²) in [7, 11) is 1.45. The maximum atomic E-state index is 13.6. The van der Waals surface area contributed by atoms with Gasteiger partial charge < -0.3 is 15.8 Å². The van der Waals surface area contributed by atoms with Crippen molar-refractivity contribution < 1.29 is 9.13 Å². The molecule has 2 atom stereocenters. The van der Waals surface area contributed by atoms with Gasteiger partial charge in [0, 0.05) is 18.6 Å². The summed E-state index contributed by atoms with van der Waals surface area (Å²) >= 11 is 0. The van der Waals surface area contributed by atoms with E-state index < -0.39 is 0 Å². The Morgan fingerprint density at radius 1 is 1.47 bits per heavy atom. The van der Waals surface area contributed by atoms with Crippen LogP contribution in [0.3, 0.4) is 0 Å². The topological polar surface area (TPSA) is 47.3 Å². The van der Waals surface area contributed by atoms with Gasteiger partial charge in [-0.15, -0.1) is 0 Å². The Kier molecular flexibility index (Phi) is 5.38. The predicted molar refractivity (Wildman–Crippen MR) is 67.6 cm³/mol. The van der Waals surface area contributed by atoms with E-state index in [1.54, 1.807) is 6.07 Å². The number of nitrogens with two attached hydrogens (primary N) is 1. The highest BCUT2D eigenvalue weighted by Crippen LogP contribution is 2.21. The van der Waals surface area contributed by atoms with Crippen LogP contribution in [-0.4, -0.2) is 19.7 Å². The van der Waals surface area contributed by atoms with Gasteiger partial charge in [0.15, 0.2) is 11.6 Å². The van der Waals surface area contributed by atoms with Crippen molar-refractivity contribution in [3.8, 4) is 5.75 Å². The zero-order valence-electron chi connectivity index (χ0n) is 10.7. The molecule has 0 spiro atoms. The quantitative estimate of drug-likeness (QED) is 0.801. The Morgan fingerprint density at radius 3 is 2.65 bits per heavy atom. The van der Waals surface area contributed by atoms with E-state index in [1.807, 2.05) is 6.07 Å². The molecule has 2 unspecified atom stereocenters. The first-order valence-electron chi connectivity index (χ1n) is 5.91. The third-order valence-electron chi connectivity index (χ3n) is 2.91. The number of ether oxygens (including phenoxy) is 1. The molecule has 0 aliphatic rings. The molecule has 0 bridgehead atoms. The van der Waals surface area contributed by atoms with Gasteiger partial charge in [-0.2, -0.15) is 0 Å². The van der Waals surface area contributed by atoms with Crippen LogP contribution in [0.2, 0.25) is 0 Å². The maximum absolute atomic E-state index is 13.6. The van der Waals surface area contributed by atoms with Crippen LogP contribution in [0.4, 0.5) is 4.39 Å². The summed E-state index contributed by atoms with van der Waals surface area (Å²) < 4.78 is 18.5. The molecule has 0 aliphatic heterocycles. The Hall–Kier alpha value is -1.13. The van der Waals surface area contributed by atoms with Crippen LogP contribution >= 0.6 is 0 Å². The number of halogens is 1. The Morgan fingerprint density at radius 2 is 2.18 bits per heavy atom. The summed E-state index contributed by atoms with van der Waals surface area (Å²) in [6, 6.07) is 5.28. The van der Waals surface area contributed by atoms with Crippen LogP contribution in [0.5, 0.6) is 5.75 Å². The van der Waals surface area contributed by atoms with E-state index in [1.165, 1.54) is 13.2 Å². The lowest BCUT2D eigenvalue weighted by Gasteiger charge is -2.22. The van der Waals surface area contributed by atoms with Crippen molar-refractivity contribution in [1.82, 2.24) is 5.32 Å². The number of methoxy groups -OCH3 is 1. The highest BCUT2D eigenvalue weighted by molar-refractivity contribution is 5.31. The molecule has 0 heterocycles. The fourth-order valence-corrected chi connectivity index (χ4v) is 1.66. The Bertz CT molecular complexity index is 357. The van der Waals surface area contributed by atoms with Crippen LogP contribution in [0.1, 0.15) is 31.9 Å². The lowest BCUT2D eigenvalue weighted by Crippen LogP contribution is -2.34. The summed E-state index contributed by atoms with van der Waals surface area (Å²) in [5.74, 6) is -0.0949. The predicted octanol–water partition coefficient (Wildman–Crippen LogP) is 2.22. The molecule has 3 nitrogen and oxygen atoms in total. The minimum atomic E-state index is -0.352. The van der Waals surface area contributed by atoms with Crippen molar-refractivity contribution in [2.75, 3.05) is 13.7 Å². The molecule has 0 saturated heterocycles. The largest absolute Gasteiger partial charge is 0.494 e. The third-order valence-corrected chi connectivity index (χ3v) is 2.91. The highest BCUT2D eigenvalue weighted by Gasteiger charge is 2.14. The summed E-state index contributed by atoms with van der Waals surface area (Å²) in [6.45, 7) is 4.62. The van der Waals surface area contributed by atoms with Crippen molar-refractivity contribution in [3.63, 3.8) is 0 Å². The SMILES string of the molecule is CCC(C)NC(CN)c1ccc(OC)c(F)c1. The van der Waals surface area contributed by atoms with Gasteiger partial charge in [-0.1, -0.05) is 13.0 Å². The van der Waals surface area contributed by atoms with E-state index in [2.05, 4.69) is 19.2 Å². The minimum absolute atomic E-state index is 0.0228. The summed E-state index contributed by atoms with van der Waals surface area (Å²) in [4.78, 5) is 0. The fourth-order valence-electron chi connectivity index (χ4n) is 1.66. The zero-order valence-corrected chi connectivity index (χ0v) is 10.7. The van der Waals surface area contributed by atoms with Crippen LogP contribution in [0.15, 0.2) is 18.2 Å². The zero-order chi connectivity index (χ0) is 12.8. The van der Waals surface area contributed by atoms with E-state index in [4.69, 9.17) is 10.5 Å². The molecule has 0 radical (unpaired) electrons. The van der Waals surface area contributed by atoms with E-state index in [0.717, 1.165) is 12.0 Å². The first kappa shape index (κ1) is 13.9. The van der Waals surface area contributed by atoms with E-state index >= 15 is 0 Å². The Labute approximate surface area is 102 Å². The van der Waals surface area contributed by atoms with E-state index in [-0.39, 0.29) is 17.6 Å². The molecule has 0 amide bonds. The van der Waals surface area contributed by atoms with E-state index in [9.17, 15) is 4.39 Å². The number of benzene rings is 1. The van der Waals surface area contributed by atoms with Crippen LogP contribution in [0.25, 0.3) is 0 Å².